The summed E-state index contributed by atoms with van der Waals surface area (Å²) < 4.78 is 79.2. The van der Waals surface area contributed by atoms with Crippen LogP contribution in [-0.2, 0) is 11.2 Å². The quantitative estimate of drug-likeness (QED) is 0.0556. The molecule has 0 amide bonds. The summed E-state index contributed by atoms with van der Waals surface area (Å²) in [5.41, 5.74) is 2.10. The predicted molar refractivity (Wildman–Crippen MR) is 174 cm³/mol. The van der Waals surface area contributed by atoms with Gasteiger partial charge in [-0.2, -0.15) is 13.2 Å². The molecule has 9 heteroatoms. The summed E-state index contributed by atoms with van der Waals surface area (Å²) in [4.78, 5) is 25.0. The number of halogens is 5. The molecule has 47 heavy (non-hydrogen) atoms. The number of benzene rings is 3. The summed E-state index contributed by atoms with van der Waals surface area (Å²) in [7, 11) is 0. The van der Waals surface area contributed by atoms with Gasteiger partial charge in [-0.3, -0.25) is 0 Å². The minimum absolute atomic E-state index is 0.0689. The number of unbranched alkanes of at least 4 members (excludes halogenated alkanes) is 10. The van der Waals surface area contributed by atoms with Crippen LogP contribution in [0, 0.1) is 11.6 Å². The van der Waals surface area contributed by atoms with Crippen LogP contribution in [-0.4, -0.2) is 24.2 Å². The number of carbonyl (C=O) groups excluding carboxylic acids is 2. The Bertz CT molecular complexity index is 1400. The Morgan fingerprint density at radius 1 is 0.660 bits per heavy atom. The molecular formula is C38H45F5O4. The topological polar surface area (TPSA) is 52.6 Å². The Balaban J connectivity index is 1.55. The Labute approximate surface area is 274 Å². The maximum Gasteiger partial charge on any atom is 0.425 e. The normalized spacial score (nSPS) is 12.1. The highest BCUT2D eigenvalue weighted by Gasteiger charge is 2.42. The number of alkyl halides is 3. The molecule has 3 rings (SSSR count). The lowest BCUT2D eigenvalue weighted by molar-refractivity contribution is -0.206. The molecule has 0 fully saturated rings. The van der Waals surface area contributed by atoms with Crippen LogP contribution in [0.15, 0.2) is 60.7 Å². The molecular weight excluding hydrogens is 615 g/mol. The monoisotopic (exact) mass is 660 g/mol. The standard InChI is InChI=1S/C38H45F5O4/c1-3-5-7-9-10-11-12-13-15-27-17-19-28(20-18-27)29-21-23-30(24-22-29)36(44)46-34-26-32(39)31(25-33(34)40)37(45)47-35(38(41,42)43)16-14-8-6-4-2/h17-26,35H,3-16H2,1-2H3. The fraction of sp³-hybridized carbons (Fsp3) is 0.474. The van der Waals surface area contributed by atoms with Gasteiger partial charge in [-0.1, -0.05) is 114 Å². The van der Waals surface area contributed by atoms with Crippen molar-refractivity contribution in [2.45, 2.75) is 116 Å². The molecule has 0 saturated heterocycles. The molecule has 0 aliphatic carbocycles. The molecule has 3 aromatic rings. The molecule has 0 N–H and O–H groups in total. The first kappa shape index (κ1) is 37.7. The molecule has 0 radical (unpaired) electrons. The zero-order chi connectivity index (χ0) is 34.2. The minimum atomic E-state index is -4.86. The van der Waals surface area contributed by atoms with Crippen molar-refractivity contribution < 1.29 is 41.0 Å². The highest BCUT2D eigenvalue weighted by molar-refractivity contribution is 5.92. The predicted octanol–water partition coefficient (Wildman–Crippen LogP) is 11.6. The number of hydrogen-bond acceptors (Lipinski definition) is 4. The molecule has 0 aliphatic rings. The lowest BCUT2D eigenvalue weighted by Gasteiger charge is -2.21. The highest BCUT2D eigenvalue weighted by Crippen LogP contribution is 2.30. The molecule has 1 atom stereocenters. The van der Waals surface area contributed by atoms with E-state index < -0.39 is 53.6 Å². The second-order valence-electron chi connectivity index (χ2n) is 11.9. The highest BCUT2D eigenvalue weighted by atomic mass is 19.4. The third kappa shape index (κ3) is 12.4. The zero-order valence-electron chi connectivity index (χ0n) is 27.3. The molecule has 1 unspecified atom stereocenters. The van der Waals surface area contributed by atoms with Gasteiger partial charge in [0, 0.05) is 6.07 Å². The van der Waals surface area contributed by atoms with Gasteiger partial charge in [0.25, 0.3) is 0 Å². The van der Waals surface area contributed by atoms with Crippen molar-refractivity contribution in [2.24, 2.45) is 0 Å². The van der Waals surface area contributed by atoms with Gasteiger partial charge in [0.1, 0.15) is 5.82 Å². The van der Waals surface area contributed by atoms with Crippen LogP contribution in [0.5, 0.6) is 5.75 Å². The van der Waals surface area contributed by atoms with E-state index in [4.69, 9.17) is 4.74 Å². The Kier molecular flexibility index (Phi) is 15.4. The van der Waals surface area contributed by atoms with Gasteiger partial charge in [0.15, 0.2) is 17.7 Å². The van der Waals surface area contributed by atoms with E-state index in [0.29, 0.717) is 18.6 Å². The smallest absolute Gasteiger partial charge is 0.425 e. The third-order valence-electron chi connectivity index (χ3n) is 8.11. The van der Waals surface area contributed by atoms with Crippen LogP contribution in [0.1, 0.15) is 124 Å². The Morgan fingerprint density at radius 3 is 1.77 bits per heavy atom. The van der Waals surface area contributed by atoms with Gasteiger partial charge < -0.3 is 9.47 Å². The van der Waals surface area contributed by atoms with Crippen molar-refractivity contribution >= 4 is 11.9 Å². The van der Waals surface area contributed by atoms with Crippen molar-refractivity contribution in [1.29, 1.82) is 0 Å². The summed E-state index contributed by atoms with van der Waals surface area (Å²) in [5, 5.41) is 0. The van der Waals surface area contributed by atoms with E-state index in [9.17, 15) is 31.5 Å². The van der Waals surface area contributed by atoms with Crippen molar-refractivity contribution in [3.05, 3.63) is 89.0 Å². The van der Waals surface area contributed by atoms with Crippen molar-refractivity contribution in [3.8, 4) is 16.9 Å². The number of carbonyl (C=O) groups is 2. The first-order valence-electron chi connectivity index (χ1n) is 16.7. The van der Waals surface area contributed by atoms with Gasteiger partial charge in [-0.15, -0.1) is 0 Å². The van der Waals surface area contributed by atoms with E-state index in [2.05, 4.69) is 23.8 Å². The van der Waals surface area contributed by atoms with Crippen molar-refractivity contribution in [1.82, 2.24) is 0 Å². The number of ether oxygens (including phenoxy) is 2. The molecule has 0 aliphatic heterocycles. The average molecular weight is 661 g/mol. The van der Waals surface area contributed by atoms with Gasteiger partial charge in [-0.05, 0) is 60.6 Å². The number of esters is 2. The van der Waals surface area contributed by atoms with Crippen LogP contribution >= 0.6 is 0 Å². The van der Waals surface area contributed by atoms with Crippen LogP contribution in [0.2, 0.25) is 0 Å². The van der Waals surface area contributed by atoms with E-state index in [0.717, 1.165) is 36.8 Å². The fourth-order valence-corrected chi connectivity index (χ4v) is 5.29. The van der Waals surface area contributed by atoms with E-state index >= 15 is 0 Å². The number of hydrogen-bond donors (Lipinski definition) is 0. The van der Waals surface area contributed by atoms with E-state index in [1.165, 1.54) is 62.6 Å². The summed E-state index contributed by atoms with van der Waals surface area (Å²) in [6.07, 6.45) is 5.56. The van der Waals surface area contributed by atoms with Gasteiger partial charge >= 0.3 is 18.1 Å². The SMILES string of the molecule is CCCCCCCCCCc1ccc(-c2ccc(C(=O)Oc3cc(F)c(C(=O)OC(CCCCCC)C(F)(F)F)cc3F)cc2)cc1. The maximum atomic E-state index is 14.7. The van der Waals surface area contributed by atoms with E-state index in [1.807, 2.05) is 19.1 Å². The van der Waals surface area contributed by atoms with E-state index in [-0.39, 0.29) is 12.0 Å². The summed E-state index contributed by atoms with van der Waals surface area (Å²) >= 11 is 0. The van der Waals surface area contributed by atoms with Crippen molar-refractivity contribution in [2.75, 3.05) is 0 Å². The molecule has 0 spiro atoms. The van der Waals surface area contributed by atoms with E-state index in [1.54, 1.807) is 12.1 Å². The second-order valence-corrected chi connectivity index (χ2v) is 11.9. The Morgan fingerprint density at radius 2 is 1.19 bits per heavy atom. The Hall–Kier alpha value is -3.75. The van der Waals surface area contributed by atoms with Crippen LogP contribution in [0.3, 0.4) is 0 Å². The van der Waals surface area contributed by atoms with Gasteiger partial charge in [-0.25, -0.2) is 18.4 Å². The molecule has 0 saturated carbocycles. The summed E-state index contributed by atoms with van der Waals surface area (Å²) in [6.45, 7) is 4.12. The molecule has 3 aromatic carbocycles. The molecule has 0 bridgehead atoms. The summed E-state index contributed by atoms with van der Waals surface area (Å²) in [5.74, 6) is -6.13. The van der Waals surface area contributed by atoms with Crippen LogP contribution in [0.4, 0.5) is 22.0 Å². The first-order valence-corrected chi connectivity index (χ1v) is 16.7. The van der Waals surface area contributed by atoms with Crippen LogP contribution in [0.25, 0.3) is 11.1 Å². The van der Waals surface area contributed by atoms with Gasteiger partial charge in [0.2, 0.25) is 0 Å². The maximum absolute atomic E-state index is 14.7. The fourth-order valence-electron chi connectivity index (χ4n) is 5.29. The average Bonchev–Trinajstić information content (AvgIpc) is 3.05. The second kappa shape index (κ2) is 19.2. The summed E-state index contributed by atoms with van der Waals surface area (Å²) in [6, 6.07) is 15.4. The number of aryl methyl sites for hydroxylation is 1. The van der Waals surface area contributed by atoms with Crippen molar-refractivity contribution in [3.63, 3.8) is 0 Å². The number of rotatable bonds is 19. The lowest BCUT2D eigenvalue weighted by Crippen LogP contribution is -2.34. The largest absolute Gasteiger partial charge is 0.449 e. The third-order valence-corrected chi connectivity index (χ3v) is 8.11. The van der Waals surface area contributed by atoms with Crippen LogP contribution < -0.4 is 4.74 Å². The first-order chi connectivity index (χ1) is 22.5. The molecule has 0 aromatic heterocycles. The molecule has 4 nitrogen and oxygen atoms in total. The minimum Gasteiger partial charge on any atom is -0.449 e. The molecule has 256 valence electrons. The zero-order valence-corrected chi connectivity index (χ0v) is 27.3. The molecule has 0 heterocycles. The van der Waals surface area contributed by atoms with Gasteiger partial charge in [0.05, 0.1) is 11.1 Å². The lowest BCUT2D eigenvalue weighted by atomic mass is 10.00.